The Kier molecular flexibility index (Phi) is 4.72. The zero-order valence-corrected chi connectivity index (χ0v) is 14.5. The minimum Gasteiger partial charge on any atom is -0.392 e. The maximum atomic E-state index is 12.6. The van der Waals surface area contributed by atoms with Crippen molar-refractivity contribution in [2.45, 2.75) is 33.9 Å². The van der Waals surface area contributed by atoms with E-state index in [0.29, 0.717) is 23.7 Å². The van der Waals surface area contributed by atoms with E-state index in [0.717, 1.165) is 22.5 Å². The van der Waals surface area contributed by atoms with Gasteiger partial charge in [-0.05, 0) is 38.0 Å². The van der Waals surface area contributed by atoms with Crippen molar-refractivity contribution >= 4 is 5.91 Å². The van der Waals surface area contributed by atoms with Crippen LogP contribution in [0.3, 0.4) is 0 Å². The summed E-state index contributed by atoms with van der Waals surface area (Å²) >= 11 is 0. The van der Waals surface area contributed by atoms with Gasteiger partial charge in [-0.2, -0.15) is 0 Å². The molecule has 0 fully saturated rings. The standard InChI is InChI=1S/C19H21N3O3/c1-12-8-17(14(3)22(12)18-9-13(2)25-21-18)19(24)20-10-15-6-4-5-7-16(15)11-23/h4-9,23H,10-11H2,1-3H3,(H,20,24). The van der Waals surface area contributed by atoms with Crippen LogP contribution in [0.2, 0.25) is 0 Å². The van der Waals surface area contributed by atoms with Gasteiger partial charge in [0.2, 0.25) is 0 Å². The van der Waals surface area contributed by atoms with Gasteiger partial charge >= 0.3 is 0 Å². The Morgan fingerprint density at radius 1 is 1.20 bits per heavy atom. The van der Waals surface area contributed by atoms with Gasteiger partial charge in [0, 0.05) is 24.0 Å². The second-order valence-corrected chi connectivity index (χ2v) is 6.03. The molecule has 3 aromatic rings. The Hall–Kier alpha value is -2.86. The van der Waals surface area contributed by atoms with Crippen LogP contribution in [0.4, 0.5) is 0 Å². The van der Waals surface area contributed by atoms with Crippen molar-refractivity contribution in [1.82, 2.24) is 15.0 Å². The Morgan fingerprint density at radius 2 is 1.92 bits per heavy atom. The fourth-order valence-electron chi connectivity index (χ4n) is 2.96. The molecule has 2 N–H and O–H groups in total. The number of hydrogen-bond donors (Lipinski definition) is 2. The molecular weight excluding hydrogens is 318 g/mol. The van der Waals surface area contributed by atoms with Gasteiger partial charge in [-0.15, -0.1) is 0 Å². The van der Waals surface area contributed by atoms with Gasteiger partial charge in [-0.25, -0.2) is 0 Å². The van der Waals surface area contributed by atoms with E-state index in [9.17, 15) is 9.90 Å². The highest BCUT2D eigenvalue weighted by atomic mass is 16.5. The SMILES string of the molecule is Cc1cc(-n2c(C)cc(C(=O)NCc3ccccc3CO)c2C)no1. The van der Waals surface area contributed by atoms with Crippen molar-refractivity contribution in [1.29, 1.82) is 0 Å². The van der Waals surface area contributed by atoms with Gasteiger partial charge in [0.1, 0.15) is 5.76 Å². The zero-order valence-electron chi connectivity index (χ0n) is 14.5. The first-order valence-electron chi connectivity index (χ1n) is 8.09. The summed E-state index contributed by atoms with van der Waals surface area (Å²) in [6.07, 6.45) is 0. The number of hydrogen-bond acceptors (Lipinski definition) is 4. The van der Waals surface area contributed by atoms with E-state index >= 15 is 0 Å². The van der Waals surface area contributed by atoms with E-state index in [1.165, 1.54) is 0 Å². The highest BCUT2D eigenvalue weighted by Gasteiger charge is 2.18. The summed E-state index contributed by atoms with van der Waals surface area (Å²) in [5, 5.41) is 16.3. The first-order chi connectivity index (χ1) is 12.0. The Labute approximate surface area is 146 Å². The van der Waals surface area contributed by atoms with Crippen LogP contribution >= 0.6 is 0 Å². The number of aryl methyl sites for hydroxylation is 2. The third kappa shape index (κ3) is 3.34. The first-order valence-corrected chi connectivity index (χ1v) is 8.09. The number of carbonyl (C=O) groups is 1. The van der Waals surface area contributed by atoms with Crippen molar-refractivity contribution < 1.29 is 14.4 Å². The van der Waals surface area contributed by atoms with Crippen LogP contribution in [-0.2, 0) is 13.2 Å². The third-order valence-corrected chi connectivity index (χ3v) is 4.25. The largest absolute Gasteiger partial charge is 0.392 e. The molecule has 0 spiro atoms. The third-order valence-electron chi connectivity index (χ3n) is 4.25. The molecule has 0 unspecified atom stereocenters. The number of benzene rings is 1. The van der Waals surface area contributed by atoms with E-state index in [4.69, 9.17) is 4.52 Å². The van der Waals surface area contributed by atoms with Crippen LogP contribution in [0.1, 0.15) is 38.6 Å². The lowest BCUT2D eigenvalue weighted by molar-refractivity contribution is 0.0950. The molecule has 6 nitrogen and oxygen atoms in total. The summed E-state index contributed by atoms with van der Waals surface area (Å²) in [5.74, 6) is 1.22. The lowest BCUT2D eigenvalue weighted by atomic mass is 10.1. The minimum atomic E-state index is -0.160. The summed E-state index contributed by atoms with van der Waals surface area (Å²) in [5.41, 5.74) is 4.02. The number of nitrogens with one attached hydrogen (secondary N) is 1. The second kappa shape index (κ2) is 6.94. The van der Waals surface area contributed by atoms with Crippen LogP contribution < -0.4 is 5.32 Å². The van der Waals surface area contributed by atoms with Gasteiger partial charge in [-0.3, -0.25) is 9.36 Å². The molecule has 0 saturated heterocycles. The maximum Gasteiger partial charge on any atom is 0.253 e. The molecule has 3 rings (SSSR count). The predicted octanol–water partition coefficient (Wildman–Crippen LogP) is 2.81. The highest BCUT2D eigenvalue weighted by molar-refractivity contribution is 5.95. The lowest BCUT2D eigenvalue weighted by Gasteiger charge is -2.09. The Morgan fingerprint density at radius 3 is 2.56 bits per heavy atom. The molecule has 0 atom stereocenters. The number of amides is 1. The number of carbonyl (C=O) groups excluding carboxylic acids is 1. The van der Waals surface area contributed by atoms with Crippen LogP contribution in [0.25, 0.3) is 5.82 Å². The molecule has 0 bridgehead atoms. The average molecular weight is 339 g/mol. The number of rotatable bonds is 5. The molecule has 25 heavy (non-hydrogen) atoms. The van der Waals surface area contributed by atoms with Crippen molar-refractivity contribution in [2.24, 2.45) is 0 Å². The molecule has 1 aromatic carbocycles. The Balaban J connectivity index is 1.81. The molecule has 1 amide bonds. The molecular formula is C19H21N3O3. The zero-order chi connectivity index (χ0) is 18.0. The maximum absolute atomic E-state index is 12.6. The fraction of sp³-hybridized carbons (Fsp3) is 0.263. The summed E-state index contributed by atoms with van der Waals surface area (Å²) in [7, 11) is 0. The van der Waals surface area contributed by atoms with Crippen molar-refractivity contribution in [3.63, 3.8) is 0 Å². The van der Waals surface area contributed by atoms with Gasteiger partial charge in [0.05, 0.1) is 12.2 Å². The van der Waals surface area contributed by atoms with E-state index in [2.05, 4.69) is 10.5 Å². The molecule has 2 aromatic heterocycles. The Bertz CT molecular complexity index is 909. The van der Waals surface area contributed by atoms with Gasteiger partial charge in [0.25, 0.3) is 5.91 Å². The number of aliphatic hydroxyl groups is 1. The van der Waals surface area contributed by atoms with Crippen LogP contribution in [-0.4, -0.2) is 20.7 Å². The lowest BCUT2D eigenvalue weighted by Crippen LogP contribution is -2.24. The summed E-state index contributed by atoms with van der Waals surface area (Å²) in [4.78, 5) is 12.6. The normalized spacial score (nSPS) is 10.9. The second-order valence-electron chi connectivity index (χ2n) is 6.03. The molecule has 0 aliphatic heterocycles. The average Bonchev–Trinajstić information content (AvgIpc) is 3.15. The summed E-state index contributed by atoms with van der Waals surface area (Å²) in [6, 6.07) is 11.2. The number of aliphatic hydroxyl groups excluding tert-OH is 1. The van der Waals surface area contributed by atoms with E-state index in [1.54, 1.807) is 0 Å². The van der Waals surface area contributed by atoms with Gasteiger partial charge < -0.3 is 14.9 Å². The summed E-state index contributed by atoms with van der Waals surface area (Å²) in [6.45, 7) is 5.95. The van der Waals surface area contributed by atoms with Gasteiger partial charge in [-0.1, -0.05) is 29.4 Å². The predicted molar refractivity (Wildman–Crippen MR) is 93.6 cm³/mol. The van der Waals surface area contributed by atoms with E-state index < -0.39 is 0 Å². The van der Waals surface area contributed by atoms with Crippen LogP contribution in [0.5, 0.6) is 0 Å². The highest BCUT2D eigenvalue weighted by Crippen LogP contribution is 2.21. The molecule has 6 heteroatoms. The molecule has 130 valence electrons. The van der Waals surface area contributed by atoms with Crippen molar-refractivity contribution in [3.8, 4) is 5.82 Å². The molecule has 0 aliphatic carbocycles. The quantitative estimate of drug-likeness (QED) is 0.749. The summed E-state index contributed by atoms with van der Waals surface area (Å²) < 4.78 is 7.03. The van der Waals surface area contributed by atoms with Crippen molar-refractivity contribution in [2.75, 3.05) is 0 Å². The molecule has 0 radical (unpaired) electrons. The van der Waals surface area contributed by atoms with Crippen molar-refractivity contribution in [3.05, 3.63) is 70.2 Å². The monoisotopic (exact) mass is 339 g/mol. The van der Waals surface area contributed by atoms with Crippen LogP contribution in [0.15, 0.2) is 40.9 Å². The van der Waals surface area contributed by atoms with E-state index in [-0.39, 0.29) is 12.5 Å². The number of nitrogens with zero attached hydrogens (tertiary/aromatic N) is 2. The smallest absolute Gasteiger partial charge is 0.253 e. The topological polar surface area (TPSA) is 80.3 Å². The molecule has 0 aliphatic rings. The van der Waals surface area contributed by atoms with Crippen LogP contribution in [0, 0.1) is 20.8 Å². The number of aromatic nitrogens is 2. The molecule has 0 saturated carbocycles. The first kappa shape index (κ1) is 17.0. The fourth-order valence-corrected chi connectivity index (χ4v) is 2.96. The van der Waals surface area contributed by atoms with E-state index in [1.807, 2.05) is 61.7 Å². The van der Waals surface area contributed by atoms with Gasteiger partial charge in [0.15, 0.2) is 5.82 Å². The molecule has 2 heterocycles. The minimum absolute atomic E-state index is 0.0495.